The zero-order chi connectivity index (χ0) is 12.7. The fourth-order valence-corrected chi connectivity index (χ4v) is 2.85. The zero-order valence-electron chi connectivity index (χ0n) is 8.86. The number of rotatable bonds is 1. The molecule has 1 aromatic carbocycles. The first-order valence-corrected chi connectivity index (χ1v) is 6.58. The molecule has 92 valence electrons. The molecule has 1 N–H and O–H groups in total. The average molecular weight is 300 g/mol. The lowest BCUT2D eigenvalue weighted by atomic mass is 10.2. The molecule has 1 saturated heterocycles. The molecule has 1 amide bonds. The third-order valence-corrected chi connectivity index (χ3v) is 3.91. The first-order valence-electron chi connectivity index (χ1n) is 4.97. The van der Waals surface area contributed by atoms with Gasteiger partial charge >= 0.3 is 0 Å². The van der Waals surface area contributed by atoms with E-state index in [9.17, 15) is 4.79 Å². The summed E-state index contributed by atoms with van der Waals surface area (Å²) >= 11 is 12.2. The van der Waals surface area contributed by atoms with Crippen LogP contribution in [0.2, 0.25) is 5.02 Å². The molecule has 0 bridgehead atoms. The van der Waals surface area contributed by atoms with Crippen molar-refractivity contribution in [2.45, 2.75) is 0 Å². The highest BCUT2D eigenvalue weighted by Crippen LogP contribution is 2.38. The van der Waals surface area contributed by atoms with Crippen LogP contribution in [0.25, 0.3) is 6.08 Å². The molecule has 0 radical (unpaired) electrons. The van der Waals surface area contributed by atoms with Gasteiger partial charge in [-0.1, -0.05) is 35.6 Å². The van der Waals surface area contributed by atoms with Crippen LogP contribution in [0.5, 0.6) is 11.5 Å². The zero-order valence-corrected chi connectivity index (χ0v) is 11.2. The number of ether oxygens (including phenoxy) is 2. The third kappa shape index (κ3) is 2.07. The summed E-state index contributed by atoms with van der Waals surface area (Å²) in [5.41, 5.74) is 0.697. The molecule has 0 aromatic heterocycles. The van der Waals surface area contributed by atoms with E-state index in [1.54, 1.807) is 18.2 Å². The Morgan fingerprint density at radius 1 is 1.39 bits per heavy atom. The second-order valence-corrected chi connectivity index (χ2v) is 5.71. The normalized spacial score (nSPS) is 19.5. The number of amides is 1. The molecule has 0 aliphatic carbocycles. The van der Waals surface area contributed by atoms with Crippen LogP contribution in [-0.2, 0) is 4.79 Å². The molecule has 1 fully saturated rings. The van der Waals surface area contributed by atoms with Gasteiger partial charge in [-0.25, -0.2) is 0 Å². The Balaban J connectivity index is 2.00. The van der Waals surface area contributed by atoms with Gasteiger partial charge in [0.05, 0.1) is 9.93 Å². The first-order chi connectivity index (χ1) is 8.63. The second-order valence-electron chi connectivity index (χ2n) is 3.58. The van der Waals surface area contributed by atoms with E-state index in [-0.39, 0.29) is 12.7 Å². The summed E-state index contributed by atoms with van der Waals surface area (Å²) in [7, 11) is 0. The minimum absolute atomic E-state index is 0.186. The molecular weight excluding hydrogens is 294 g/mol. The van der Waals surface area contributed by atoms with Crippen molar-refractivity contribution in [3.8, 4) is 11.5 Å². The van der Waals surface area contributed by atoms with Gasteiger partial charge in [-0.05, 0) is 17.7 Å². The molecule has 2 aliphatic rings. The predicted octanol–water partition coefficient (Wildman–Crippen LogP) is 2.56. The number of thioether (sulfide) groups is 1. The lowest BCUT2D eigenvalue weighted by Gasteiger charge is -2.02. The van der Waals surface area contributed by atoms with Gasteiger partial charge < -0.3 is 14.8 Å². The van der Waals surface area contributed by atoms with Crippen LogP contribution in [0.1, 0.15) is 5.56 Å². The van der Waals surface area contributed by atoms with Gasteiger partial charge in [0.15, 0.2) is 11.5 Å². The van der Waals surface area contributed by atoms with Crippen molar-refractivity contribution in [3.05, 3.63) is 27.6 Å². The van der Waals surface area contributed by atoms with Gasteiger partial charge in [-0.15, -0.1) is 0 Å². The highest BCUT2D eigenvalue weighted by Gasteiger charge is 2.23. The summed E-state index contributed by atoms with van der Waals surface area (Å²) in [4.78, 5) is 12.1. The van der Waals surface area contributed by atoms with Gasteiger partial charge in [0.25, 0.3) is 5.91 Å². The largest absolute Gasteiger partial charge is 0.454 e. The molecular formula is C11H6ClNO3S2. The van der Waals surface area contributed by atoms with E-state index in [1.807, 2.05) is 0 Å². The Bertz CT molecular complexity index is 600. The SMILES string of the molecule is O=C1NC(=S)SC1=Cc1cc2c(cc1Cl)OCO2. The summed E-state index contributed by atoms with van der Waals surface area (Å²) in [6, 6.07) is 3.42. The topological polar surface area (TPSA) is 47.6 Å². The minimum Gasteiger partial charge on any atom is -0.454 e. The number of hydrogen-bond donors (Lipinski definition) is 1. The van der Waals surface area contributed by atoms with Gasteiger partial charge in [0.2, 0.25) is 6.79 Å². The van der Waals surface area contributed by atoms with Crippen LogP contribution < -0.4 is 14.8 Å². The van der Waals surface area contributed by atoms with E-state index in [0.29, 0.717) is 31.3 Å². The monoisotopic (exact) mass is 299 g/mol. The van der Waals surface area contributed by atoms with Gasteiger partial charge in [0.1, 0.15) is 4.32 Å². The molecule has 4 nitrogen and oxygen atoms in total. The number of nitrogens with one attached hydrogen (secondary N) is 1. The van der Waals surface area contributed by atoms with Gasteiger partial charge in [-0.2, -0.15) is 0 Å². The van der Waals surface area contributed by atoms with Crippen molar-refractivity contribution in [2.24, 2.45) is 0 Å². The Morgan fingerprint density at radius 2 is 2.11 bits per heavy atom. The molecule has 18 heavy (non-hydrogen) atoms. The van der Waals surface area contributed by atoms with Crippen LogP contribution in [0.15, 0.2) is 17.0 Å². The highest BCUT2D eigenvalue weighted by atomic mass is 35.5. The number of carbonyl (C=O) groups is 1. The summed E-state index contributed by atoms with van der Waals surface area (Å²) in [5, 5.41) is 3.05. The van der Waals surface area contributed by atoms with E-state index in [1.165, 1.54) is 11.8 Å². The van der Waals surface area contributed by atoms with Gasteiger partial charge in [0, 0.05) is 6.07 Å². The number of benzene rings is 1. The van der Waals surface area contributed by atoms with Crippen LogP contribution in [0, 0.1) is 0 Å². The van der Waals surface area contributed by atoms with Crippen LogP contribution >= 0.6 is 35.6 Å². The molecule has 0 atom stereocenters. The smallest absolute Gasteiger partial charge is 0.263 e. The number of fused-ring (bicyclic) bond motifs is 1. The fraction of sp³-hybridized carbons (Fsp3) is 0.0909. The molecule has 1 aromatic rings. The molecule has 3 rings (SSSR count). The quantitative estimate of drug-likeness (QED) is 0.638. The van der Waals surface area contributed by atoms with Crippen LogP contribution in [0.3, 0.4) is 0 Å². The maximum atomic E-state index is 11.5. The average Bonchev–Trinajstić information content (AvgIpc) is 2.86. The van der Waals surface area contributed by atoms with Crippen molar-refractivity contribution >= 4 is 51.9 Å². The van der Waals surface area contributed by atoms with Crippen molar-refractivity contribution < 1.29 is 14.3 Å². The number of carbonyl (C=O) groups excluding carboxylic acids is 1. The summed E-state index contributed by atoms with van der Waals surface area (Å²) in [6.45, 7) is 0.186. The highest BCUT2D eigenvalue weighted by molar-refractivity contribution is 8.26. The van der Waals surface area contributed by atoms with Crippen molar-refractivity contribution in [3.63, 3.8) is 0 Å². The van der Waals surface area contributed by atoms with Crippen LogP contribution in [0.4, 0.5) is 0 Å². The summed E-state index contributed by atoms with van der Waals surface area (Å²) in [5.74, 6) is 1.03. The van der Waals surface area contributed by atoms with E-state index >= 15 is 0 Å². The van der Waals surface area contributed by atoms with E-state index < -0.39 is 0 Å². The van der Waals surface area contributed by atoms with Crippen molar-refractivity contribution in [1.29, 1.82) is 0 Å². The van der Waals surface area contributed by atoms with Gasteiger partial charge in [-0.3, -0.25) is 4.79 Å². The number of thiocarbonyl (C=S) groups is 1. The van der Waals surface area contributed by atoms with E-state index in [4.69, 9.17) is 33.3 Å². The lowest BCUT2D eigenvalue weighted by Crippen LogP contribution is -2.17. The molecule has 0 spiro atoms. The minimum atomic E-state index is -0.210. The van der Waals surface area contributed by atoms with E-state index in [2.05, 4.69) is 5.32 Å². The van der Waals surface area contributed by atoms with Crippen molar-refractivity contribution in [2.75, 3.05) is 6.79 Å². The Labute approximate surface area is 117 Å². The first kappa shape index (κ1) is 11.8. The molecule has 0 unspecified atom stereocenters. The summed E-state index contributed by atoms with van der Waals surface area (Å²) < 4.78 is 10.9. The summed E-state index contributed by atoms with van der Waals surface area (Å²) in [6.07, 6.45) is 1.68. The van der Waals surface area contributed by atoms with E-state index in [0.717, 1.165) is 0 Å². The molecule has 2 aliphatic heterocycles. The number of halogens is 1. The predicted molar refractivity (Wildman–Crippen MR) is 73.9 cm³/mol. The third-order valence-electron chi connectivity index (χ3n) is 2.42. The maximum Gasteiger partial charge on any atom is 0.263 e. The molecule has 7 heteroatoms. The Hall–Kier alpha value is -1.24. The maximum absolute atomic E-state index is 11.5. The lowest BCUT2D eigenvalue weighted by molar-refractivity contribution is -0.115. The second kappa shape index (κ2) is 4.46. The van der Waals surface area contributed by atoms with Crippen LogP contribution in [-0.4, -0.2) is 17.0 Å². The molecule has 2 heterocycles. The molecule has 0 saturated carbocycles. The Kier molecular flexibility index (Phi) is 2.93. The Morgan fingerprint density at radius 3 is 2.78 bits per heavy atom. The fourth-order valence-electron chi connectivity index (χ4n) is 1.61. The number of hydrogen-bond acceptors (Lipinski definition) is 5. The van der Waals surface area contributed by atoms with Crippen molar-refractivity contribution in [1.82, 2.24) is 5.32 Å². The standard InChI is InChI=1S/C11H6ClNO3S2/c12-6-3-8-7(15-4-16-8)1-5(6)2-9-10(14)13-11(17)18-9/h1-3H,4H2,(H,13,14,17).